The van der Waals surface area contributed by atoms with Gasteiger partial charge in [0.1, 0.15) is 0 Å². The second-order valence-electron chi connectivity index (χ2n) is 7.18. The van der Waals surface area contributed by atoms with Crippen LogP contribution < -0.4 is 5.19 Å². The van der Waals surface area contributed by atoms with E-state index in [-0.39, 0.29) is 0 Å². The Morgan fingerprint density at radius 3 is 2.50 bits per heavy atom. The monoisotopic (exact) mass is 385 g/mol. The van der Waals surface area contributed by atoms with Crippen LogP contribution in [0.2, 0.25) is 6.04 Å². The van der Waals surface area contributed by atoms with Gasteiger partial charge in [-0.25, -0.2) is 0 Å². The van der Waals surface area contributed by atoms with Gasteiger partial charge in [-0.15, -0.1) is 0 Å². The highest BCUT2D eigenvalue weighted by atomic mass is 28.2. The van der Waals surface area contributed by atoms with Crippen LogP contribution in [-0.4, -0.2) is 46.3 Å². The Labute approximate surface area is 157 Å². The molecule has 0 spiro atoms. The van der Waals surface area contributed by atoms with Crippen molar-refractivity contribution in [1.29, 1.82) is 0 Å². The Hall–Kier alpha value is -1.11. The van der Waals surface area contributed by atoms with E-state index >= 15 is 0 Å². The Morgan fingerprint density at radius 1 is 1.12 bits per heavy atom. The molecule has 6 heteroatoms. The fourth-order valence-corrected chi connectivity index (χ4v) is 5.16. The highest BCUT2D eigenvalue weighted by molar-refractivity contribution is 6.54. The summed E-state index contributed by atoms with van der Waals surface area (Å²) in [6.07, 6.45) is 3.86. The van der Waals surface area contributed by atoms with Crippen LogP contribution >= 0.6 is 0 Å². The molecule has 0 aliphatic carbocycles. The average molecular weight is 386 g/mol. The second-order valence-corrected chi connectivity index (χ2v) is 9.02. The maximum absolute atomic E-state index is 13.0. The summed E-state index contributed by atoms with van der Waals surface area (Å²) < 4.78 is 44.6. The van der Waals surface area contributed by atoms with E-state index in [1.807, 2.05) is 0 Å². The third-order valence-electron chi connectivity index (χ3n) is 4.66. The van der Waals surface area contributed by atoms with Gasteiger partial charge >= 0.3 is 6.18 Å². The van der Waals surface area contributed by atoms with Gasteiger partial charge in [0.05, 0.1) is 27.3 Å². The molecule has 1 fully saturated rings. The molecular weight excluding hydrogens is 355 g/mol. The first-order valence-corrected chi connectivity index (χ1v) is 11.2. The Balaban J connectivity index is 1.62. The van der Waals surface area contributed by atoms with Crippen molar-refractivity contribution in [3.05, 3.63) is 42.0 Å². The molecule has 1 heterocycles. The Bertz CT molecular complexity index is 566. The van der Waals surface area contributed by atoms with Crippen molar-refractivity contribution in [3.8, 4) is 0 Å². The van der Waals surface area contributed by atoms with Crippen molar-refractivity contribution < 1.29 is 17.9 Å². The predicted molar refractivity (Wildman–Crippen MR) is 104 cm³/mol. The fraction of sp³-hybridized carbons (Fsp3) is 0.600. The van der Waals surface area contributed by atoms with Gasteiger partial charge in [0, 0.05) is 13.1 Å². The van der Waals surface area contributed by atoms with Gasteiger partial charge in [0.15, 0.2) is 0 Å². The molecule has 0 saturated carbocycles. The zero-order chi connectivity index (χ0) is 19.0. The van der Waals surface area contributed by atoms with Crippen molar-refractivity contribution in [2.24, 2.45) is 0 Å². The van der Waals surface area contributed by atoms with Crippen molar-refractivity contribution in [3.63, 3.8) is 0 Å². The molecule has 2 nitrogen and oxygen atoms in total. The normalized spacial score (nSPS) is 22.7. The molecule has 2 atom stereocenters. The number of ether oxygens (including phenoxy) is 1. The molecule has 0 amide bonds. The minimum Gasteiger partial charge on any atom is -0.373 e. The standard InChI is InChI=1S/C20H30F3NOSi/c1-16-14-24(15-17(2)25-16)12-8-4-3-5-9-13-26-19-11-7-6-10-18(19)20(21,22)23/h5-7,9-11,16-17H,3-4,8,12-15,26H2,1-2H3. The number of unbranched alkanes of at least 4 members (excludes halogenated alkanes) is 2. The minimum absolute atomic E-state index is 0.309. The molecule has 1 aromatic rings. The van der Waals surface area contributed by atoms with Crippen molar-refractivity contribution in [2.45, 2.75) is 57.5 Å². The van der Waals surface area contributed by atoms with Gasteiger partial charge in [-0.05, 0) is 45.7 Å². The molecule has 0 N–H and O–H groups in total. The molecule has 2 rings (SSSR count). The fourth-order valence-electron chi connectivity index (χ4n) is 3.55. The summed E-state index contributed by atoms with van der Waals surface area (Å²) in [7, 11) is -0.916. The van der Waals surface area contributed by atoms with Gasteiger partial charge in [0.25, 0.3) is 0 Å². The third-order valence-corrected chi connectivity index (χ3v) is 6.44. The zero-order valence-electron chi connectivity index (χ0n) is 15.8. The van der Waals surface area contributed by atoms with Crippen LogP contribution in [0, 0.1) is 0 Å². The first kappa shape index (κ1) is 21.2. The van der Waals surface area contributed by atoms with Gasteiger partial charge in [-0.1, -0.05) is 41.6 Å². The molecule has 146 valence electrons. The highest BCUT2D eigenvalue weighted by Gasteiger charge is 2.32. The molecule has 1 aliphatic heterocycles. The van der Waals surface area contributed by atoms with E-state index in [1.165, 1.54) is 12.1 Å². The van der Waals surface area contributed by atoms with E-state index in [2.05, 4.69) is 30.9 Å². The molecular formula is C20H30F3NOSi. The highest BCUT2D eigenvalue weighted by Crippen LogP contribution is 2.27. The van der Waals surface area contributed by atoms with Crippen LogP contribution in [0.25, 0.3) is 0 Å². The van der Waals surface area contributed by atoms with Crippen molar-refractivity contribution >= 4 is 14.7 Å². The molecule has 1 aromatic carbocycles. The van der Waals surface area contributed by atoms with Gasteiger partial charge in [-0.3, -0.25) is 4.90 Å². The van der Waals surface area contributed by atoms with Crippen molar-refractivity contribution in [1.82, 2.24) is 4.90 Å². The number of benzene rings is 1. The maximum atomic E-state index is 13.0. The van der Waals surface area contributed by atoms with Crippen molar-refractivity contribution in [2.75, 3.05) is 19.6 Å². The Morgan fingerprint density at radius 2 is 1.81 bits per heavy atom. The first-order valence-electron chi connectivity index (χ1n) is 9.54. The lowest BCUT2D eigenvalue weighted by molar-refractivity contribution is -0.136. The summed E-state index contributed by atoms with van der Waals surface area (Å²) in [5.41, 5.74) is -0.450. The van der Waals surface area contributed by atoms with E-state index in [1.54, 1.807) is 12.1 Å². The van der Waals surface area contributed by atoms with E-state index in [0.29, 0.717) is 17.4 Å². The molecule has 0 bridgehead atoms. The topological polar surface area (TPSA) is 12.5 Å². The third kappa shape index (κ3) is 7.25. The quantitative estimate of drug-likeness (QED) is 0.384. The zero-order valence-corrected chi connectivity index (χ0v) is 17.2. The van der Waals surface area contributed by atoms with Crippen LogP contribution in [0.1, 0.15) is 38.7 Å². The summed E-state index contributed by atoms with van der Waals surface area (Å²) in [4.78, 5) is 2.46. The molecule has 1 aliphatic rings. The Kier molecular flexibility index (Phi) is 8.38. The van der Waals surface area contributed by atoms with Crippen LogP contribution in [0.15, 0.2) is 36.4 Å². The predicted octanol–water partition coefficient (Wildman–Crippen LogP) is 3.75. The number of rotatable bonds is 8. The second kappa shape index (κ2) is 10.3. The molecule has 26 heavy (non-hydrogen) atoms. The van der Waals surface area contributed by atoms with Crippen LogP contribution in [0.3, 0.4) is 0 Å². The van der Waals surface area contributed by atoms with Gasteiger partial charge < -0.3 is 4.74 Å². The van der Waals surface area contributed by atoms with E-state index in [4.69, 9.17) is 4.74 Å². The van der Waals surface area contributed by atoms with Crippen LogP contribution in [-0.2, 0) is 10.9 Å². The summed E-state index contributed by atoms with van der Waals surface area (Å²) in [5, 5.41) is 0.514. The smallest absolute Gasteiger partial charge is 0.373 e. The average Bonchev–Trinajstić information content (AvgIpc) is 2.56. The largest absolute Gasteiger partial charge is 0.416 e. The number of alkyl halides is 3. The van der Waals surface area contributed by atoms with Gasteiger partial charge in [-0.2, -0.15) is 13.2 Å². The lowest BCUT2D eigenvalue weighted by Gasteiger charge is -2.35. The van der Waals surface area contributed by atoms with Gasteiger partial charge in [0.2, 0.25) is 0 Å². The minimum atomic E-state index is -4.23. The molecule has 0 aromatic heterocycles. The molecule has 2 unspecified atom stereocenters. The summed E-state index contributed by atoms with van der Waals surface area (Å²) in [6.45, 7) is 7.34. The van der Waals surface area contributed by atoms with Crippen LogP contribution in [0.5, 0.6) is 0 Å². The van der Waals surface area contributed by atoms with E-state index < -0.39 is 21.3 Å². The van der Waals surface area contributed by atoms with Crippen LogP contribution in [0.4, 0.5) is 13.2 Å². The van der Waals surface area contributed by atoms with E-state index in [0.717, 1.165) is 44.9 Å². The number of morpholine rings is 1. The number of nitrogens with zero attached hydrogens (tertiary/aromatic N) is 1. The van der Waals surface area contributed by atoms with E-state index in [9.17, 15) is 13.2 Å². The lowest BCUT2D eigenvalue weighted by atomic mass is 10.2. The number of allylic oxidation sites excluding steroid dienone is 2. The first-order chi connectivity index (χ1) is 12.4. The SMILES string of the molecule is CC1CN(CCCCC=CC[SiH2]c2ccccc2C(F)(F)F)CC(C)O1. The maximum Gasteiger partial charge on any atom is 0.416 e. The summed E-state index contributed by atoms with van der Waals surface area (Å²) in [5.74, 6) is 0. The number of hydrogen-bond donors (Lipinski definition) is 0. The lowest BCUT2D eigenvalue weighted by Crippen LogP contribution is -2.45. The molecule has 0 radical (unpaired) electrons. The summed E-state index contributed by atoms with van der Waals surface area (Å²) >= 11 is 0. The summed E-state index contributed by atoms with van der Waals surface area (Å²) in [6, 6.07) is 6.78. The number of hydrogen-bond acceptors (Lipinski definition) is 2. The molecule has 1 saturated heterocycles. The number of halogens is 3.